The number of rotatable bonds is 9. The van der Waals surface area contributed by atoms with Gasteiger partial charge in [-0.1, -0.05) is 42.5 Å². The second kappa shape index (κ2) is 12.2. The van der Waals surface area contributed by atoms with E-state index in [1.807, 2.05) is 18.2 Å². The first-order valence-electron chi connectivity index (χ1n) is 10.7. The van der Waals surface area contributed by atoms with E-state index in [2.05, 4.69) is 47.9 Å². The first-order chi connectivity index (χ1) is 14.8. The van der Waals surface area contributed by atoms with Crippen LogP contribution in [-0.2, 0) is 29.2 Å². The number of aliphatic imine (C=N–C) groups is 1. The molecule has 162 valence electrons. The molecule has 0 atom stereocenters. The topological polar surface area (TPSA) is 64.1 Å². The predicted molar refractivity (Wildman–Crippen MR) is 120 cm³/mol. The maximum atomic E-state index is 5.99. The summed E-state index contributed by atoms with van der Waals surface area (Å²) >= 11 is 0. The molecule has 6 heteroatoms. The number of guanidine groups is 1. The molecule has 0 spiro atoms. The zero-order valence-electron chi connectivity index (χ0n) is 18.0. The molecule has 2 aromatic rings. The first-order valence-corrected chi connectivity index (χ1v) is 10.7. The number of nitrogens with zero attached hydrogens (tertiary/aromatic N) is 1. The molecule has 0 unspecified atom stereocenters. The second-order valence-corrected chi connectivity index (χ2v) is 7.30. The van der Waals surface area contributed by atoms with E-state index in [4.69, 9.17) is 19.2 Å². The third-order valence-corrected chi connectivity index (χ3v) is 5.08. The Morgan fingerprint density at radius 1 is 1.03 bits per heavy atom. The fourth-order valence-corrected chi connectivity index (χ4v) is 3.34. The van der Waals surface area contributed by atoms with Crippen LogP contribution in [0.15, 0.2) is 53.5 Å². The Morgan fingerprint density at radius 2 is 1.77 bits per heavy atom. The van der Waals surface area contributed by atoms with Gasteiger partial charge < -0.3 is 24.8 Å². The molecule has 3 rings (SSSR count). The SMILES string of the molecule is CCNC(=NCc1ccc(COC2CCOCC2)cc1)NCc1ccccc1OC. The Morgan fingerprint density at radius 3 is 2.50 bits per heavy atom. The van der Waals surface area contributed by atoms with Gasteiger partial charge >= 0.3 is 0 Å². The molecule has 6 nitrogen and oxygen atoms in total. The van der Waals surface area contributed by atoms with Gasteiger partial charge in [-0.25, -0.2) is 4.99 Å². The summed E-state index contributed by atoms with van der Waals surface area (Å²) in [6.45, 7) is 6.40. The Balaban J connectivity index is 1.51. The number of ether oxygens (including phenoxy) is 3. The van der Waals surface area contributed by atoms with Gasteiger partial charge in [-0.15, -0.1) is 0 Å². The van der Waals surface area contributed by atoms with Crippen LogP contribution in [0.3, 0.4) is 0 Å². The van der Waals surface area contributed by atoms with Crippen LogP contribution in [0.2, 0.25) is 0 Å². The molecule has 2 aromatic carbocycles. The Hall–Kier alpha value is -2.57. The molecule has 0 saturated carbocycles. The first kappa shape index (κ1) is 22.1. The van der Waals surface area contributed by atoms with Crippen LogP contribution >= 0.6 is 0 Å². The maximum absolute atomic E-state index is 5.99. The largest absolute Gasteiger partial charge is 0.496 e. The second-order valence-electron chi connectivity index (χ2n) is 7.30. The van der Waals surface area contributed by atoms with Gasteiger partial charge in [0.15, 0.2) is 5.96 Å². The smallest absolute Gasteiger partial charge is 0.191 e. The Bertz CT molecular complexity index is 787. The van der Waals surface area contributed by atoms with Crippen molar-refractivity contribution in [2.24, 2.45) is 4.99 Å². The van der Waals surface area contributed by atoms with Crippen LogP contribution in [0, 0.1) is 0 Å². The summed E-state index contributed by atoms with van der Waals surface area (Å²) in [5.41, 5.74) is 3.45. The summed E-state index contributed by atoms with van der Waals surface area (Å²) in [4.78, 5) is 4.71. The van der Waals surface area contributed by atoms with E-state index in [1.165, 1.54) is 11.1 Å². The summed E-state index contributed by atoms with van der Waals surface area (Å²) in [5, 5.41) is 6.68. The van der Waals surface area contributed by atoms with E-state index in [9.17, 15) is 0 Å². The summed E-state index contributed by atoms with van der Waals surface area (Å²) in [7, 11) is 1.69. The van der Waals surface area contributed by atoms with Crippen LogP contribution < -0.4 is 15.4 Å². The molecule has 0 amide bonds. The molecule has 30 heavy (non-hydrogen) atoms. The minimum atomic E-state index is 0.319. The number of methoxy groups -OCH3 is 1. The molecule has 0 aromatic heterocycles. The van der Waals surface area contributed by atoms with Crippen molar-refractivity contribution in [3.8, 4) is 5.75 Å². The van der Waals surface area contributed by atoms with Gasteiger partial charge in [0, 0.05) is 31.9 Å². The third-order valence-electron chi connectivity index (χ3n) is 5.08. The zero-order valence-corrected chi connectivity index (χ0v) is 18.0. The molecule has 1 saturated heterocycles. The van der Waals surface area contributed by atoms with Gasteiger partial charge in [0.05, 0.1) is 26.4 Å². The van der Waals surface area contributed by atoms with E-state index < -0.39 is 0 Å². The predicted octanol–water partition coefficient (Wildman–Crippen LogP) is 3.65. The minimum Gasteiger partial charge on any atom is -0.496 e. The van der Waals surface area contributed by atoms with Crippen LogP contribution in [-0.4, -0.2) is 38.9 Å². The van der Waals surface area contributed by atoms with Crippen molar-refractivity contribution in [3.63, 3.8) is 0 Å². The van der Waals surface area contributed by atoms with Crippen molar-refractivity contribution in [1.82, 2.24) is 10.6 Å². The summed E-state index contributed by atoms with van der Waals surface area (Å²) in [5.74, 6) is 1.66. The molecule has 0 bridgehead atoms. The van der Waals surface area contributed by atoms with E-state index in [0.29, 0.717) is 25.8 Å². The van der Waals surface area contributed by atoms with Crippen molar-refractivity contribution in [2.45, 2.75) is 45.6 Å². The van der Waals surface area contributed by atoms with Gasteiger partial charge in [0.25, 0.3) is 0 Å². The molecule has 1 aliphatic heterocycles. The fraction of sp³-hybridized carbons (Fsp3) is 0.458. The lowest BCUT2D eigenvalue weighted by molar-refractivity contribution is -0.0390. The molecule has 1 fully saturated rings. The highest BCUT2D eigenvalue weighted by Crippen LogP contribution is 2.17. The highest BCUT2D eigenvalue weighted by atomic mass is 16.5. The molecular weight excluding hydrogens is 378 g/mol. The normalized spacial score (nSPS) is 15.1. The Labute approximate surface area is 179 Å². The van der Waals surface area contributed by atoms with Crippen molar-refractivity contribution >= 4 is 5.96 Å². The molecular formula is C24H33N3O3. The fourth-order valence-electron chi connectivity index (χ4n) is 3.34. The molecule has 0 aliphatic carbocycles. The summed E-state index contributed by atoms with van der Waals surface area (Å²) in [6, 6.07) is 16.5. The average Bonchev–Trinajstić information content (AvgIpc) is 2.81. The van der Waals surface area contributed by atoms with Gasteiger partial charge in [-0.2, -0.15) is 0 Å². The number of nitrogens with one attached hydrogen (secondary N) is 2. The van der Waals surface area contributed by atoms with E-state index in [0.717, 1.165) is 49.9 Å². The molecule has 1 aliphatic rings. The van der Waals surface area contributed by atoms with Crippen LogP contribution in [0.5, 0.6) is 5.75 Å². The third kappa shape index (κ3) is 7.04. The van der Waals surface area contributed by atoms with Gasteiger partial charge in [-0.3, -0.25) is 0 Å². The quantitative estimate of drug-likeness (QED) is 0.487. The van der Waals surface area contributed by atoms with Crippen molar-refractivity contribution in [3.05, 3.63) is 65.2 Å². The Kier molecular flexibility index (Phi) is 9.00. The highest BCUT2D eigenvalue weighted by molar-refractivity contribution is 5.79. The van der Waals surface area contributed by atoms with Gasteiger partial charge in [0.2, 0.25) is 0 Å². The highest BCUT2D eigenvalue weighted by Gasteiger charge is 2.13. The monoisotopic (exact) mass is 411 g/mol. The lowest BCUT2D eigenvalue weighted by Gasteiger charge is -2.22. The lowest BCUT2D eigenvalue weighted by Crippen LogP contribution is -2.36. The molecule has 2 N–H and O–H groups in total. The van der Waals surface area contributed by atoms with E-state index >= 15 is 0 Å². The number of benzene rings is 2. The minimum absolute atomic E-state index is 0.319. The maximum Gasteiger partial charge on any atom is 0.191 e. The zero-order chi connectivity index (χ0) is 21.0. The number of hydrogen-bond acceptors (Lipinski definition) is 4. The lowest BCUT2D eigenvalue weighted by atomic mass is 10.1. The van der Waals surface area contributed by atoms with Crippen molar-refractivity contribution < 1.29 is 14.2 Å². The average molecular weight is 412 g/mol. The van der Waals surface area contributed by atoms with Gasteiger partial charge in [-0.05, 0) is 37.0 Å². The number of para-hydroxylation sites is 1. The van der Waals surface area contributed by atoms with Crippen molar-refractivity contribution in [1.29, 1.82) is 0 Å². The molecule has 1 heterocycles. The van der Waals surface area contributed by atoms with E-state index in [1.54, 1.807) is 7.11 Å². The van der Waals surface area contributed by atoms with Crippen LogP contribution in [0.4, 0.5) is 0 Å². The van der Waals surface area contributed by atoms with Crippen LogP contribution in [0.1, 0.15) is 36.5 Å². The van der Waals surface area contributed by atoms with E-state index in [-0.39, 0.29) is 0 Å². The van der Waals surface area contributed by atoms with Crippen LogP contribution in [0.25, 0.3) is 0 Å². The summed E-state index contributed by atoms with van der Waals surface area (Å²) < 4.78 is 16.8. The molecule has 0 radical (unpaired) electrons. The van der Waals surface area contributed by atoms with Gasteiger partial charge in [0.1, 0.15) is 5.75 Å². The summed E-state index contributed by atoms with van der Waals surface area (Å²) in [6.07, 6.45) is 2.30. The number of hydrogen-bond donors (Lipinski definition) is 2. The van der Waals surface area contributed by atoms with Crippen molar-refractivity contribution in [2.75, 3.05) is 26.9 Å². The standard InChI is InChI=1S/C24H33N3O3/c1-3-25-24(27-17-21-6-4-5-7-23(21)28-2)26-16-19-8-10-20(11-9-19)18-30-22-12-14-29-15-13-22/h4-11,22H,3,12-18H2,1-2H3,(H2,25,26,27).